The van der Waals surface area contributed by atoms with Crippen LogP contribution in [0.4, 0.5) is 0 Å². The van der Waals surface area contributed by atoms with Gasteiger partial charge >= 0.3 is 0 Å². The molecular formula is C17H11BrN2. The van der Waals surface area contributed by atoms with Gasteiger partial charge in [0.1, 0.15) is 5.82 Å². The third-order valence-corrected chi connectivity index (χ3v) is 4.17. The number of nitrogens with zero attached hydrogens (tertiary/aromatic N) is 1. The van der Waals surface area contributed by atoms with Crippen LogP contribution < -0.4 is 0 Å². The van der Waals surface area contributed by atoms with E-state index >= 15 is 0 Å². The monoisotopic (exact) mass is 322 g/mol. The number of nitrogens with one attached hydrogen (secondary N) is 1. The Kier molecular flexibility index (Phi) is 2.60. The maximum Gasteiger partial charge on any atom is 0.139 e. The van der Waals surface area contributed by atoms with E-state index < -0.39 is 0 Å². The van der Waals surface area contributed by atoms with Crippen LogP contribution in [0, 0.1) is 0 Å². The van der Waals surface area contributed by atoms with Crippen LogP contribution in [0.15, 0.2) is 65.1 Å². The van der Waals surface area contributed by atoms with Crippen LogP contribution in [0.2, 0.25) is 0 Å². The molecule has 1 aromatic heterocycles. The second kappa shape index (κ2) is 4.46. The van der Waals surface area contributed by atoms with Gasteiger partial charge in [0.15, 0.2) is 0 Å². The molecular weight excluding hydrogens is 312 g/mol. The lowest BCUT2D eigenvalue weighted by Crippen LogP contribution is -1.80. The molecule has 0 radical (unpaired) electrons. The zero-order valence-electron chi connectivity index (χ0n) is 10.6. The smallest absolute Gasteiger partial charge is 0.139 e. The first-order valence-electron chi connectivity index (χ1n) is 6.45. The van der Waals surface area contributed by atoms with Crippen LogP contribution in [-0.2, 0) is 0 Å². The van der Waals surface area contributed by atoms with Crippen molar-refractivity contribution in [2.45, 2.75) is 0 Å². The summed E-state index contributed by atoms with van der Waals surface area (Å²) in [5, 5.41) is 2.44. The summed E-state index contributed by atoms with van der Waals surface area (Å²) in [4.78, 5) is 8.11. The number of H-pyrrole nitrogens is 1. The normalized spacial score (nSPS) is 11.2. The lowest BCUT2D eigenvalue weighted by molar-refractivity contribution is 1.33. The molecule has 0 spiro atoms. The lowest BCUT2D eigenvalue weighted by Gasteiger charge is -1.98. The molecule has 4 aromatic rings. The Morgan fingerprint density at radius 1 is 0.850 bits per heavy atom. The number of rotatable bonds is 1. The number of hydrogen-bond donors (Lipinski definition) is 1. The molecule has 0 aliphatic carbocycles. The molecule has 0 saturated carbocycles. The number of hydrogen-bond acceptors (Lipinski definition) is 1. The number of halogens is 1. The third-order valence-electron chi connectivity index (χ3n) is 3.48. The Morgan fingerprint density at radius 3 is 2.35 bits per heavy atom. The van der Waals surface area contributed by atoms with Crippen molar-refractivity contribution in [1.82, 2.24) is 9.97 Å². The summed E-state index contributed by atoms with van der Waals surface area (Å²) in [7, 11) is 0. The fourth-order valence-corrected chi connectivity index (χ4v) is 2.95. The van der Waals surface area contributed by atoms with E-state index in [0.717, 1.165) is 26.9 Å². The lowest BCUT2D eigenvalue weighted by atomic mass is 10.1. The molecule has 2 nitrogen and oxygen atoms in total. The van der Waals surface area contributed by atoms with Crippen molar-refractivity contribution in [3.63, 3.8) is 0 Å². The topological polar surface area (TPSA) is 28.7 Å². The van der Waals surface area contributed by atoms with Gasteiger partial charge in [0.05, 0.1) is 11.0 Å². The minimum absolute atomic E-state index is 0.891. The first-order valence-corrected chi connectivity index (χ1v) is 7.24. The Bertz CT molecular complexity index is 872. The molecule has 0 fully saturated rings. The van der Waals surface area contributed by atoms with Crippen LogP contribution in [0.5, 0.6) is 0 Å². The molecule has 0 bridgehead atoms. The van der Waals surface area contributed by atoms with Gasteiger partial charge in [-0.05, 0) is 29.0 Å². The second-order valence-electron chi connectivity index (χ2n) is 4.78. The number of benzene rings is 3. The number of fused-ring (bicyclic) bond motifs is 2. The molecule has 1 N–H and O–H groups in total. The summed E-state index contributed by atoms with van der Waals surface area (Å²) in [5.74, 6) is 0.891. The van der Waals surface area contributed by atoms with E-state index in [-0.39, 0.29) is 0 Å². The van der Waals surface area contributed by atoms with Gasteiger partial charge in [-0.15, -0.1) is 0 Å². The van der Waals surface area contributed by atoms with Crippen LogP contribution >= 0.6 is 15.9 Å². The summed E-state index contributed by atoms with van der Waals surface area (Å²) in [6, 6.07) is 20.7. The van der Waals surface area contributed by atoms with Gasteiger partial charge in [-0.2, -0.15) is 0 Å². The number of aromatic nitrogens is 2. The van der Waals surface area contributed by atoms with E-state index in [4.69, 9.17) is 4.98 Å². The molecule has 0 saturated heterocycles. The van der Waals surface area contributed by atoms with Crippen molar-refractivity contribution < 1.29 is 0 Å². The van der Waals surface area contributed by atoms with E-state index in [0.29, 0.717) is 0 Å². The average Bonchev–Trinajstić information content (AvgIpc) is 2.87. The highest BCUT2D eigenvalue weighted by molar-refractivity contribution is 9.10. The summed E-state index contributed by atoms with van der Waals surface area (Å²) in [6.45, 7) is 0. The van der Waals surface area contributed by atoms with Gasteiger partial charge in [0.2, 0.25) is 0 Å². The maximum absolute atomic E-state index is 4.71. The van der Waals surface area contributed by atoms with E-state index in [9.17, 15) is 0 Å². The van der Waals surface area contributed by atoms with Crippen molar-refractivity contribution in [3.8, 4) is 11.4 Å². The highest BCUT2D eigenvalue weighted by Crippen LogP contribution is 2.29. The van der Waals surface area contributed by atoms with E-state index in [1.807, 2.05) is 18.2 Å². The molecule has 96 valence electrons. The summed E-state index contributed by atoms with van der Waals surface area (Å²) >= 11 is 3.57. The van der Waals surface area contributed by atoms with Crippen LogP contribution in [-0.4, -0.2) is 9.97 Å². The van der Waals surface area contributed by atoms with Crippen molar-refractivity contribution >= 4 is 37.7 Å². The minimum atomic E-state index is 0.891. The highest BCUT2D eigenvalue weighted by Gasteiger charge is 2.08. The zero-order valence-corrected chi connectivity index (χ0v) is 12.2. The second-order valence-corrected chi connectivity index (χ2v) is 5.64. The van der Waals surface area contributed by atoms with E-state index in [1.165, 1.54) is 10.8 Å². The molecule has 20 heavy (non-hydrogen) atoms. The first-order chi connectivity index (χ1) is 9.81. The Labute approximate surface area is 124 Å². The summed E-state index contributed by atoms with van der Waals surface area (Å²) < 4.78 is 1.05. The Morgan fingerprint density at radius 2 is 1.55 bits per heavy atom. The van der Waals surface area contributed by atoms with Crippen molar-refractivity contribution in [2.24, 2.45) is 0 Å². The molecule has 3 aromatic carbocycles. The van der Waals surface area contributed by atoms with Crippen molar-refractivity contribution in [1.29, 1.82) is 0 Å². The molecule has 4 rings (SSSR count). The van der Waals surface area contributed by atoms with Gasteiger partial charge in [0, 0.05) is 10.0 Å². The van der Waals surface area contributed by atoms with E-state index in [1.54, 1.807) is 0 Å². The quantitative estimate of drug-likeness (QED) is 0.516. The highest BCUT2D eigenvalue weighted by atomic mass is 79.9. The van der Waals surface area contributed by atoms with Crippen LogP contribution in [0.25, 0.3) is 33.2 Å². The largest absolute Gasteiger partial charge is 0.338 e. The van der Waals surface area contributed by atoms with E-state index in [2.05, 4.69) is 63.4 Å². The van der Waals surface area contributed by atoms with Gasteiger partial charge in [-0.3, -0.25) is 0 Å². The van der Waals surface area contributed by atoms with Gasteiger partial charge in [-0.25, -0.2) is 4.98 Å². The number of aromatic amines is 1. The molecule has 0 unspecified atom stereocenters. The standard InChI is InChI=1S/C17H11BrN2/c18-14-8-4-3-7-13(14)17-19-15-9-11-5-1-2-6-12(11)10-16(15)20-17/h1-10H,(H,19,20). The molecule has 1 heterocycles. The molecule has 0 aliphatic rings. The molecule has 0 atom stereocenters. The fraction of sp³-hybridized carbons (Fsp3) is 0. The third kappa shape index (κ3) is 1.82. The molecule has 0 aliphatic heterocycles. The van der Waals surface area contributed by atoms with Crippen molar-refractivity contribution in [2.75, 3.05) is 0 Å². The predicted molar refractivity (Wildman–Crippen MR) is 86.7 cm³/mol. The fourth-order valence-electron chi connectivity index (χ4n) is 2.48. The SMILES string of the molecule is Brc1ccccc1-c1nc2cc3ccccc3cc2[nH]1. The first kappa shape index (κ1) is 11.7. The minimum Gasteiger partial charge on any atom is -0.338 e. The summed E-state index contributed by atoms with van der Waals surface area (Å²) in [6.07, 6.45) is 0. The van der Waals surface area contributed by atoms with Crippen LogP contribution in [0.1, 0.15) is 0 Å². The Hall–Kier alpha value is -2.13. The maximum atomic E-state index is 4.71. The van der Waals surface area contributed by atoms with Gasteiger partial charge in [0.25, 0.3) is 0 Å². The van der Waals surface area contributed by atoms with Crippen molar-refractivity contribution in [3.05, 3.63) is 65.1 Å². The number of imidazole rings is 1. The predicted octanol–water partition coefficient (Wildman–Crippen LogP) is 5.15. The van der Waals surface area contributed by atoms with Crippen LogP contribution in [0.3, 0.4) is 0 Å². The van der Waals surface area contributed by atoms with Gasteiger partial charge < -0.3 is 4.98 Å². The average molecular weight is 323 g/mol. The zero-order chi connectivity index (χ0) is 13.5. The van der Waals surface area contributed by atoms with Gasteiger partial charge in [-0.1, -0.05) is 58.4 Å². The molecule has 3 heteroatoms. The summed E-state index contributed by atoms with van der Waals surface area (Å²) in [5.41, 5.74) is 3.14. The Balaban J connectivity index is 1.99. The molecule has 0 amide bonds.